The summed E-state index contributed by atoms with van der Waals surface area (Å²) in [5, 5.41) is 4.42. The Morgan fingerprint density at radius 3 is 2.61 bits per heavy atom. The lowest BCUT2D eigenvalue weighted by Crippen LogP contribution is -1.98. The van der Waals surface area contributed by atoms with Crippen LogP contribution in [0.5, 0.6) is 5.75 Å². The van der Waals surface area contributed by atoms with Crippen molar-refractivity contribution >= 4 is 17.4 Å². The molecule has 1 heterocycles. The van der Waals surface area contributed by atoms with Crippen LogP contribution in [0.2, 0.25) is 5.02 Å². The van der Waals surface area contributed by atoms with E-state index in [1.165, 1.54) is 6.92 Å². The fourth-order valence-electron chi connectivity index (χ4n) is 1.99. The van der Waals surface area contributed by atoms with E-state index in [9.17, 15) is 4.79 Å². The monoisotopic (exact) mass is 328 g/mol. The van der Waals surface area contributed by atoms with Gasteiger partial charge in [0.25, 0.3) is 5.89 Å². The lowest BCUT2D eigenvalue weighted by Gasteiger charge is -2.03. The number of ketones is 1. The maximum atomic E-state index is 11.2. The summed E-state index contributed by atoms with van der Waals surface area (Å²) >= 11 is 6.09. The molecule has 0 N–H and O–H groups in total. The number of carbonyl (C=O) groups excluding carboxylic acids is 1. The molecular formula is C17H13ClN2O3. The number of Topliss-reactive ketones (excluding diaryl/α,β-unsaturated/α-hetero) is 1. The maximum absolute atomic E-state index is 11.2. The van der Waals surface area contributed by atoms with Gasteiger partial charge in [-0.1, -0.05) is 28.9 Å². The van der Waals surface area contributed by atoms with Gasteiger partial charge in [0.05, 0.1) is 10.6 Å². The third-order valence-electron chi connectivity index (χ3n) is 3.20. The smallest absolute Gasteiger partial charge is 0.259 e. The molecule has 0 radical (unpaired) electrons. The summed E-state index contributed by atoms with van der Waals surface area (Å²) in [4.78, 5) is 15.5. The van der Waals surface area contributed by atoms with Crippen LogP contribution in [0.4, 0.5) is 0 Å². The normalized spacial score (nSPS) is 10.5. The van der Waals surface area contributed by atoms with Gasteiger partial charge in [-0.05, 0) is 43.3 Å². The van der Waals surface area contributed by atoms with Gasteiger partial charge < -0.3 is 9.26 Å². The van der Waals surface area contributed by atoms with Crippen molar-refractivity contribution in [3.05, 3.63) is 64.9 Å². The van der Waals surface area contributed by atoms with Crippen molar-refractivity contribution < 1.29 is 14.1 Å². The Balaban J connectivity index is 1.68. The first kappa shape index (κ1) is 15.2. The first-order chi connectivity index (χ1) is 11.1. The lowest BCUT2D eigenvalue weighted by atomic mass is 10.1. The number of hydrogen-bond acceptors (Lipinski definition) is 5. The second-order valence-electron chi connectivity index (χ2n) is 4.86. The Kier molecular flexibility index (Phi) is 4.39. The zero-order valence-electron chi connectivity index (χ0n) is 12.3. The van der Waals surface area contributed by atoms with Crippen molar-refractivity contribution in [2.24, 2.45) is 0 Å². The van der Waals surface area contributed by atoms with Crippen molar-refractivity contribution in [3.63, 3.8) is 0 Å². The minimum Gasteiger partial charge on any atom is -0.485 e. The summed E-state index contributed by atoms with van der Waals surface area (Å²) in [6.07, 6.45) is 0. The third kappa shape index (κ3) is 3.57. The molecule has 2 aromatic carbocycles. The number of benzene rings is 2. The quantitative estimate of drug-likeness (QED) is 0.657. The first-order valence-corrected chi connectivity index (χ1v) is 7.32. The van der Waals surface area contributed by atoms with E-state index >= 15 is 0 Å². The summed E-state index contributed by atoms with van der Waals surface area (Å²) in [5.41, 5.74) is 1.32. The first-order valence-electron chi connectivity index (χ1n) is 6.95. The number of rotatable bonds is 5. The summed E-state index contributed by atoms with van der Waals surface area (Å²) < 4.78 is 10.8. The van der Waals surface area contributed by atoms with E-state index in [1.54, 1.807) is 36.4 Å². The molecule has 0 aliphatic heterocycles. The number of aromatic nitrogens is 2. The second kappa shape index (κ2) is 6.62. The number of carbonyl (C=O) groups is 1. The van der Waals surface area contributed by atoms with E-state index in [1.807, 2.05) is 12.1 Å². The topological polar surface area (TPSA) is 65.2 Å². The van der Waals surface area contributed by atoms with E-state index in [2.05, 4.69) is 10.1 Å². The summed E-state index contributed by atoms with van der Waals surface area (Å²) in [7, 11) is 0. The molecular weight excluding hydrogens is 316 g/mol. The van der Waals surface area contributed by atoms with Crippen molar-refractivity contribution in [3.8, 4) is 17.2 Å². The Morgan fingerprint density at radius 2 is 1.91 bits per heavy atom. The largest absolute Gasteiger partial charge is 0.485 e. The zero-order chi connectivity index (χ0) is 16.2. The summed E-state index contributed by atoms with van der Waals surface area (Å²) in [6, 6.07) is 14.1. The molecule has 3 aromatic rings. The van der Waals surface area contributed by atoms with Gasteiger partial charge in [0.2, 0.25) is 5.82 Å². The van der Waals surface area contributed by atoms with E-state index in [4.69, 9.17) is 20.9 Å². The molecule has 0 unspecified atom stereocenters. The van der Waals surface area contributed by atoms with Crippen LogP contribution in [-0.4, -0.2) is 15.9 Å². The highest BCUT2D eigenvalue weighted by Crippen LogP contribution is 2.26. The van der Waals surface area contributed by atoms with Crippen molar-refractivity contribution in [2.75, 3.05) is 0 Å². The average Bonchev–Trinajstić information content (AvgIpc) is 3.02. The van der Waals surface area contributed by atoms with Gasteiger partial charge in [-0.25, -0.2) is 0 Å². The molecule has 0 bridgehead atoms. The minimum absolute atomic E-state index is 0.0131. The van der Waals surface area contributed by atoms with Gasteiger partial charge in [-0.3, -0.25) is 4.79 Å². The van der Waals surface area contributed by atoms with Gasteiger partial charge in [-0.15, -0.1) is 0 Å². The maximum Gasteiger partial charge on any atom is 0.259 e. The highest BCUT2D eigenvalue weighted by molar-refractivity contribution is 6.33. The standard InChI is InChI=1S/C17H13ClN2O3/c1-11(21)12-6-8-13(9-7-12)22-10-16-19-17(23-20-16)14-4-2-3-5-15(14)18/h2-9H,10H2,1H3. The van der Waals surface area contributed by atoms with E-state index in [-0.39, 0.29) is 12.4 Å². The molecule has 6 heteroatoms. The van der Waals surface area contributed by atoms with Gasteiger partial charge in [0.15, 0.2) is 12.4 Å². The van der Waals surface area contributed by atoms with Crippen LogP contribution in [0, 0.1) is 0 Å². The Labute approximate surface area is 137 Å². The van der Waals surface area contributed by atoms with Gasteiger partial charge in [0, 0.05) is 5.56 Å². The fraction of sp³-hybridized carbons (Fsp3) is 0.118. The molecule has 0 aliphatic carbocycles. The lowest BCUT2D eigenvalue weighted by molar-refractivity contribution is 0.101. The Morgan fingerprint density at radius 1 is 1.17 bits per heavy atom. The van der Waals surface area contributed by atoms with Crippen LogP contribution in [-0.2, 0) is 6.61 Å². The van der Waals surface area contributed by atoms with E-state index in [0.29, 0.717) is 33.6 Å². The molecule has 0 aliphatic rings. The number of nitrogens with zero attached hydrogens (tertiary/aromatic N) is 2. The predicted molar refractivity (Wildman–Crippen MR) is 85.5 cm³/mol. The minimum atomic E-state index is 0.0131. The Bertz CT molecular complexity index is 828. The van der Waals surface area contributed by atoms with Gasteiger partial charge >= 0.3 is 0 Å². The number of hydrogen-bond donors (Lipinski definition) is 0. The summed E-state index contributed by atoms with van der Waals surface area (Å²) in [5.74, 6) is 1.40. The summed E-state index contributed by atoms with van der Waals surface area (Å²) in [6.45, 7) is 1.68. The molecule has 0 spiro atoms. The number of halogens is 1. The molecule has 1 aromatic heterocycles. The molecule has 0 amide bonds. The van der Waals surface area contributed by atoms with Crippen LogP contribution in [0.3, 0.4) is 0 Å². The molecule has 0 saturated carbocycles. The molecule has 5 nitrogen and oxygen atoms in total. The van der Waals surface area contributed by atoms with Crippen molar-refractivity contribution in [1.82, 2.24) is 10.1 Å². The fourth-order valence-corrected chi connectivity index (χ4v) is 2.21. The van der Waals surface area contributed by atoms with Crippen LogP contribution < -0.4 is 4.74 Å². The molecule has 0 fully saturated rings. The van der Waals surface area contributed by atoms with Crippen LogP contribution in [0.15, 0.2) is 53.1 Å². The molecule has 23 heavy (non-hydrogen) atoms. The molecule has 3 rings (SSSR count). The van der Waals surface area contributed by atoms with Gasteiger partial charge in [0.1, 0.15) is 5.75 Å². The second-order valence-corrected chi connectivity index (χ2v) is 5.27. The van der Waals surface area contributed by atoms with Gasteiger partial charge in [-0.2, -0.15) is 4.98 Å². The van der Waals surface area contributed by atoms with Crippen LogP contribution in [0.25, 0.3) is 11.5 Å². The van der Waals surface area contributed by atoms with E-state index < -0.39 is 0 Å². The SMILES string of the molecule is CC(=O)c1ccc(OCc2noc(-c3ccccc3Cl)n2)cc1. The Hall–Kier alpha value is -2.66. The zero-order valence-corrected chi connectivity index (χ0v) is 13.1. The highest BCUT2D eigenvalue weighted by atomic mass is 35.5. The molecule has 0 atom stereocenters. The van der Waals surface area contributed by atoms with E-state index in [0.717, 1.165) is 0 Å². The van der Waals surface area contributed by atoms with Crippen molar-refractivity contribution in [1.29, 1.82) is 0 Å². The average molecular weight is 329 g/mol. The third-order valence-corrected chi connectivity index (χ3v) is 3.53. The highest BCUT2D eigenvalue weighted by Gasteiger charge is 2.12. The molecule has 0 saturated heterocycles. The number of ether oxygens (including phenoxy) is 1. The predicted octanol–water partition coefficient (Wildman–Crippen LogP) is 4.17. The van der Waals surface area contributed by atoms with Crippen molar-refractivity contribution in [2.45, 2.75) is 13.5 Å². The molecule has 116 valence electrons. The van der Waals surface area contributed by atoms with Crippen LogP contribution >= 0.6 is 11.6 Å². The van der Waals surface area contributed by atoms with Crippen LogP contribution in [0.1, 0.15) is 23.1 Å².